The van der Waals surface area contributed by atoms with Crippen molar-refractivity contribution in [3.63, 3.8) is 0 Å². The average Bonchev–Trinajstić information content (AvgIpc) is 3.23. The van der Waals surface area contributed by atoms with Crippen molar-refractivity contribution in [1.29, 1.82) is 0 Å². The van der Waals surface area contributed by atoms with Crippen molar-refractivity contribution in [3.05, 3.63) is 60.5 Å². The van der Waals surface area contributed by atoms with Crippen LogP contribution in [0.1, 0.15) is 5.69 Å². The van der Waals surface area contributed by atoms with Crippen LogP contribution in [0.3, 0.4) is 0 Å². The average molecular weight is 415 g/mol. The highest BCUT2D eigenvalue weighted by Gasteiger charge is 2.27. The molecule has 0 N–H and O–H groups in total. The summed E-state index contributed by atoms with van der Waals surface area (Å²) in [7, 11) is 0. The Hall–Kier alpha value is -3.25. The van der Waals surface area contributed by atoms with Gasteiger partial charge in [-0.25, -0.2) is 0 Å². The van der Waals surface area contributed by atoms with E-state index in [0.717, 1.165) is 66.4 Å². The molecule has 2 aliphatic heterocycles. The largest absolute Gasteiger partial charge is 0.486 e. The summed E-state index contributed by atoms with van der Waals surface area (Å²) in [5, 5.41) is 2.21. The zero-order valence-electron chi connectivity index (χ0n) is 17.6. The maximum absolute atomic E-state index is 6.41. The number of pyridine rings is 1. The van der Waals surface area contributed by atoms with E-state index in [1.807, 2.05) is 43.5 Å². The second-order valence-corrected chi connectivity index (χ2v) is 8.37. The van der Waals surface area contributed by atoms with Crippen LogP contribution in [0.4, 0.5) is 5.69 Å². The highest BCUT2D eigenvalue weighted by Crippen LogP contribution is 2.38. The Morgan fingerprint density at radius 2 is 1.84 bits per heavy atom. The van der Waals surface area contributed by atoms with Gasteiger partial charge in [-0.05, 0) is 43.3 Å². The van der Waals surface area contributed by atoms with Crippen molar-refractivity contribution in [2.24, 2.45) is 0 Å². The summed E-state index contributed by atoms with van der Waals surface area (Å²) in [5.41, 5.74) is 4.09. The molecule has 1 saturated heterocycles. The van der Waals surface area contributed by atoms with E-state index in [9.17, 15) is 0 Å². The highest BCUT2D eigenvalue weighted by atomic mass is 16.6. The van der Waals surface area contributed by atoms with Gasteiger partial charge in [0.25, 0.3) is 0 Å². The maximum Gasteiger partial charge on any atom is 0.171 e. The standard InChI is InChI=1S/C25H25N3O3/c1-17-6-7-19-21(26-17)8-9-24-25(19)31-18(15-29-24)14-27-10-12-28(13-11-27)22-16-30-23-5-3-2-4-20(22)23/h2-9,16,18H,10-15H2,1H3. The van der Waals surface area contributed by atoms with E-state index in [2.05, 4.69) is 33.0 Å². The van der Waals surface area contributed by atoms with Gasteiger partial charge in [0, 0.05) is 49.2 Å². The molecule has 6 rings (SSSR count). The molecule has 1 unspecified atom stereocenters. The molecule has 2 aromatic heterocycles. The van der Waals surface area contributed by atoms with E-state index < -0.39 is 0 Å². The molecule has 0 bridgehead atoms. The fourth-order valence-electron chi connectivity index (χ4n) is 4.64. The van der Waals surface area contributed by atoms with Gasteiger partial charge in [-0.3, -0.25) is 9.88 Å². The summed E-state index contributed by atoms with van der Waals surface area (Å²) in [4.78, 5) is 9.50. The summed E-state index contributed by atoms with van der Waals surface area (Å²) in [6.45, 7) is 7.36. The first-order valence-corrected chi connectivity index (χ1v) is 10.9. The van der Waals surface area contributed by atoms with Gasteiger partial charge >= 0.3 is 0 Å². The van der Waals surface area contributed by atoms with Gasteiger partial charge in [-0.1, -0.05) is 12.1 Å². The molecule has 158 valence electrons. The van der Waals surface area contributed by atoms with Crippen molar-refractivity contribution < 1.29 is 13.9 Å². The monoisotopic (exact) mass is 415 g/mol. The van der Waals surface area contributed by atoms with Crippen LogP contribution in [-0.2, 0) is 0 Å². The molecule has 1 fully saturated rings. The quantitative estimate of drug-likeness (QED) is 0.499. The molecule has 2 aliphatic rings. The van der Waals surface area contributed by atoms with Crippen molar-refractivity contribution in [3.8, 4) is 11.5 Å². The fraction of sp³-hybridized carbons (Fsp3) is 0.320. The number of hydrogen-bond acceptors (Lipinski definition) is 6. The number of fused-ring (bicyclic) bond motifs is 4. The first-order valence-electron chi connectivity index (χ1n) is 10.9. The molecule has 2 aromatic carbocycles. The minimum Gasteiger partial charge on any atom is -0.486 e. The first kappa shape index (κ1) is 18.5. The lowest BCUT2D eigenvalue weighted by atomic mass is 10.1. The van der Waals surface area contributed by atoms with Gasteiger partial charge in [-0.2, -0.15) is 0 Å². The van der Waals surface area contributed by atoms with Gasteiger partial charge in [0.1, 0.15) is 24.6 Å². The van der Waals surface area contributed by atoms with Crippen LogP contribution in [0.25, 0.3) is 21.9 Å². The number of nitrogens with zero attached hydrogens (tertiary/aromatic N) is 3. The van der Waals surface area contributed by atoms with E-state index in [1.54, 1.807) is 0 Å². The minimum absolute atomic E-state index is 0.0145. The third-order valence-corrected chi connectivity index (χ3v) is 6.27. The summed E-state index contributed by atoms with van der Waals surface area (Å²) >= 11 is 0. The predicted molar refractivity (Wildman–Crippen MR) is 121 cm³/mol. The minimum atomic E-state index is 0.0145. The van der Waals surface area contributed by atoms with Crippen molar-refractivity contribution >= 4 is 27.6 Å². The molecular formula is C25H25N3O3. The van der Waals surface area contributed by atoms with Gasteiger partial charge < -0.3 is 18.8 Å². The predicted octanol–water partition coefficient (Wildman–Crippen LogP) is 4.25. The van der Waals surface area contributed by atoms with E-state index in [-0.39, 0.29) is 6.10 Å². The molecular weight excluding hydrogens is 390 g/mol. The third-order valence-electron chi connectivity index (χ3n) is 6.27. The van der Waals surface area contributed by atoms with Gasteiger partial charge in [0.05, 0.1) is 11.2 Å². The summed E-state index contributed by atoms with van der Waals surface area (Å²) in [6.07, 6.45) is 1.90. The Morgan fingerprint density at radius 3 is 2.74 bits per heavy atom. The van der Waals surface area contributed by atoms with Crippen molar-refractivity contribution in [2.45, 2.75) is 13.0 Å². The topological polar surface area (TPSA) is 51.0 Å². The van der Waals surface area contributed by atoms with Gasteiger partial charge in [0.2, 0.25) is 0 Å². The Bertz CT molecular complexity index is 1240. The van der Waals surface area contributed by atoms with Crippen LogP contribution in [0, 0.1) is 6.92 Å². The van der Waals surface area contributed by atoms with Crippen LogP contribution in [0.2, 0.25) is 0 Å². The fourth-order valence-corrected chi connectivity index (χ4v) is 4.64. The van der Waals surface area contributed by atoms with Crippen molar-refractivity contribution in [1.82, 2.24) is 9.88 Å². The number of furan rings is 1. The Morgan fingerprint density at radius 1 is 0.968 bits per heavy atom. The summed E-state index contributed by atoms with van der Waals surface area (Å²) < 4.78 is 18.2. The van der Waals surface area contributed by atoms with E-state index in [0.29, 0.717) is 6.61 Å². The zero-order chi connectivity index (χ0) is 20.8. The number of piperazine rings is 1. The lowest BCUT2D eigenvalue weighted by molar-refractivity contribution is 0.0587. The highest BCUT2D eigenvalue weighted by molar-refractivity contribution is 5.91. The van der Waals surface area contributed by atoms with Crippen molar-refractivity contribution in [2.75, 3.05) is 44.2 Å². The number of rotatable bonds is 3. The van der Waals surface area contributed by atoms with E-state index >= 15 is 0 Å². The number of hydrogen-bond donors (Lipinski definition) is 0. The number of benzene rings is 2. The van der Waals surface area contributed by atoms with Gasteiger partial charge in [-0.15, -0.1) is 0 Å². The van der Waals surface area contributed by atoms with Crippen LogP contribution in [-0.4, -0.2) is 55.3 Å². The molecule has 6 nitrogen and oxygen atoms in total. The third kappa shape index (κ3) is 3.37. The normalized spacial score (nSPS) is 19.3. The second-order valence-electron chi connectivity index (χ2n) is 8.37. The van der Waals surface area contributed by atoms with E-state index in [4.69, 9.17) is 13.9 Å². The molecule has 0 amide bonds. The van der Waals surface area contributed by atoms with Gasteiger partial charge in [0.15, 0.2) is 11.5 Å². The number of para-hydroxylation sites is 1. The summed E-state index contributed by atoms with van der Waals surface area (Å²) in [6, 6.07) is 16.3. The smallest absolute Gasteiger partial charge is 0.171 e. The first-order chi connectivity index (χ1) is 15.2. The molecule has 4 aromatic rings. The SMILES string of the molecule is Cc1ccc2c3c(ccc2n1)OCC(CN1CCN(c2coc4ccccc24)CC1)O3. The molecule has 0 aliphatic carbocycles. The summed E-state index contributed by atoms with van der Waals surface area (Å²) in [5.74, 6) is 1.64. The molecule has 0 spiro atoms. The molecule has 6 heteroatoms. The van der Waals surface area contributed by atoms with Crippen LogP contribution < -0.4 is 14.4 Å². The van der Waals surface area contributed by atoms with Crippen LogP contribution >= 0.6 is 0 Å². The number of anilines is 1. The Kier molecular flexibility index (Phi) is 4.46. The lowest BCUT2D eigenvalue weighted by Gasteiger charge is -2.38. The number of aryl methyl sites for hydroxylation is 1. The molecule has 1 atom stereocenters. The number of aromatic nitrogens is 1. The molecule has 0 radical (unpaired) electrons. The molecule has 31 heavy (non-hydrogen) atoms. The van der Waals surface area contributed by atoms with Crippen LogP contribution in [0.15, 0.2) is 59.2 Å². The maximum atomic E-state index is 6.41. The Balaban J connectivity index is 1.13. The number of ether oxygens (including phenoxy) is 2. The van der Waals surface area contributed by atoms with Crippen LogP contribution in [0.5, 0.6) is 11.5 Å². The molecule has 4 heterocycles. The van der Waals surface area contributed by atoms with E-state index in [1.165, 1.54) is 11.1 Å². The molecule has 0 saturated carbocycles. The Labute approximate surface area is 181 Å². The zero-order valence-corrected chi connectivity index (χ0v) is 17.6. The lowest BCUT2D eigenvalue weighted by Crippen LogP contribution is -2.50. The second kappa shape index (κ2) is 7.46.